The second-order valence-corrected chi connectivity index (χ2v) is 5.74. The predicted octanol–water partition coefficient (Wildman–Crippen LogP) is 2.35. The van der Waals surface area contributed by atoms with E-state index < -0.39 is 0 Å². The molecule has 1 fully saturated rings. The molecule has 2 aromatic heterocycles. The van der Waals surface area contributed by atoms with Crippen molar-refractivity contribution in [2.75, 3.05) is 6.61 Å². The third-order valence-electron chi connectivity index (χ3n) is 3.78. The minimum atomic E-state index is -0.152. The van der Waals surface area contributed by atoms with Gasteiger partial charge in [0.1, 0.15) is 6.10 Å². The zero-order chi connectivity index (χ0) is 16.1. The van der Waals surface area contributed by atoms with E-state index in [-0.39, 0.29) is 12.0 Å². The molecule has 0 unspecified atom stereocenters. The van der Waals surface area contributed by atoms with E-state index in [1.54, 1.807) is 24.8 Å². The SMILES string of the molecule is Cc1cncc(C(=O)NCc2cnc([C@@H]3CCCCO3)nc2)c1. The normalized spacial score (nSPS) is 17.7. The monoisotopic (exact) mass is 312 g/mol. The van der Waals surface area contributed by atoms with E-state index in [2.05, 4.69) is 20.3 Å². The van der Waals surface area contributed by atoms with Gasteiger partial charge in [-0.25, -0.2) is 9.97 Å². The third-order valence-corrected chi connectivity index (χ3v) is 3.78. The lowest BCUT2D eigenvalue weighted by Crippen LogP contribution is -2.23. The van der Waals surface area contributed by atoms with Crippen molar-refractivity contribution in [3.05, 3.63) is 53.4 Å². The maximum absolute atomic E-state index is 12.1. The van der Waals surface area contributed by atoms with Gasteiger partial charge in [-0.2, -0.15) is 0 Å². The first-order valence-corrected chi connectivity index (χ1v) is 7.84. The van der Waals surface area contributed by atoms with E-state index >= 15 is 0 Å². The van der Waals surface area contributed by atoms with Crippen molar-refractivity contribution in [1.82, 2.24) is 20.3 Å². The van der Waals surface area contributed by atoms with Crippen molar-refractivity contribution in [3.8, 4) is 0 Å². The molecule has 23 heavy (non-hydrogen) atoms. The van der Waals surface area contributed by atoms with Crippen LogP contribution in [-0.2, 0) is 11.3 Å². The summed E-state index contributed by atoms with van der Waals surface area (Å²) in [6.07, 6.45) is 10.00. The second-order valence-electron chi connectivity index (χ2n) is 5.74. The molecular weight excluding hydrogens is 292 g/mol. The van der Waals surface area contributed by atoms with Crippen LogP contribution in [0.25, 0.3) is 0 Å². The first-order chi connectivity index (χ1) is 11.2. The predicted molar refractivity (Wildman–Crippen MR) is 84.7 cm³/mol. The number of pyridine rings is 1. The Morgan fingerprint density at radius 2 is 2.09 bits per heavy atom. The van der Waals surface area contributed by atoms with Gasteiger partial charge in [0.2, 0.25) is 0 Å². The van der Waals surface area contributed by atoms with Crippen LogP contribution in [0.1, 0.15) is 52.7 Å². The summed E-state index contributed by atoms with van der Waals surface area (Å²) in [6, 6.07) is 1.81. The van der Waals surface area contributed by atoms with E-state index in [1.165, 1.54) is 0 Å². The van der Waals surface area contributed by atoms with Crippen molar-refractivity contribution in [2.45, 2.75) is 38.8 Å². The Hall–Kier alpha value is -2.34. The maximum atomic E-state index is 12.1. The molecule has 0 bridgehead atoms. The number of ether oxygens (including phenoxy) is 1. The van der Waals surface area contributed by atoms with Gasteiger partial charge in [-0.1, -0.05) is 0 Å². The molecule has 0 radical (unpaired) electrons. The summed E-state index contributed by atoms with van der Waals surface area (Å²) in [5, 5.41) is 2.85. The Bertz CT molecular complexity index is 667. The molecule has 0 saturated carbocycles. The van der Waals surface area contributed by atoms with Crippen molar-refractivity contribution in [2.24, 2.45) is 0 Å². The summed E-state index contributed by atoms with van der Waals surface area (Å²) < 4.78 is 5.67. The van der Waals surface area contributed by atoms with Crippen molar-refractivity contribution >= 4 is 5.91 Å². The highest BCUT2D eigenvalue weighted by Gasteiger charge is 2.18. The summed E-state index contributed by atoms with van der Waals surface area (Å²) in [4.78, 5) is 24.8. The van der Waals surface area contributed by atoms with E-state index in [0.29, 0.717) is 12.1 Å². The molecule has 0 aromatic carbocycles. The largest absolute Gasteiger partial charge is 0.370 e. The molecule has 1 aliphatic heterocycles. The number of aromatic nitrogens is 3. The molecule has 6 heteroatoms. The zero-order valence-corrected chi connectivity index (χ0v) is 13.2. The fourth-order valence-corrected chi connectivity index (χ4v) is 2.53. The molecule has 2 aromatic rings. The molecule has 3 rings (SSSR count). The van der Waals surface area contributed by atoms with E-state index in [1.807, 2.05) is 13.0 Å². The Morgan fingerprint density at radius 3 is 2.78 bits per heavy atom. The molecule has 1 atom stereocenters. The van der Waals surface area contributed by atoms with Gasteiger partial charge in [0.25, 0.3) is 5.91 Å². The fraction of sp³-hybridized carbons (Fsp3) is 0.412. The number of rotatable bonds is 4. The first-order valence-electron chi connectivity index (χ1n) is 7.84. The van der Waals surface area contributed by atoms with Gasteiger partial charge in [0.05, 0.1) is 5.56 Å². The molecule has 3 heterocycles. The van der Waals surface area contributed by atoms with Gasteiger partial charge in [0.15, 0.2) is 5.82 Å². The number of hydrogen-bond acceptors (Lipinski definition) is 5. The standard InChI is InChI=1S/C17H20N4O2/c1-12-6-14(11-18-7-12)17(22)21-10-13-8-19-16(20-9-13)15-4-2-3-5-23-15/h6-9,11,15H,2-5,10H2,1H3,(H,21,22)/t15-/m0/s1. The summed E-state index contributed by atoms with van der Waals surface area (Å²) >= 11 is 0. The lowest BCUT2D eigenvalue weighted by molar-refractivity contribution is 0.00940. The Balaban J connectivity index is 1.57. The van der Waals surface area contributed by atoms with Crippen LogP contribution in [0.4, 0.5) is 0 Å². The van der Waals surface area contributed by atoms with Crippen molar-refractivity contribution in [1.29, 1.82) is 0 Å². The van der Waals surface area contributed by atoms with Crippen LogP contribution in [-0.4, -0.2) is 27.5 Å². The Morgan fingerprint density at radius 1 is 1.26 bits per heavy atom. The van der Waals surface area contributed by atoms with Gasteiger partial charge in [-0.05, 0) is 37.8 Å². The average Bonchev–Trinajstić information content (AvgIpc) is 2.61. The average molecular weight is 312 g/mol. The van der Waals surface area contributed by atoms with Crippen LogP contribution in [0.5, 0.6) is 0 Å². The van der Waals surface area contributed by atoms with E-state index in [9.17, 15) is 4.79 Å². The maximum Gasteiger partial charge on any atom is 0.253 e. The summed E-state index contributed by atoms with van der Waals surface area (Å²) in [5.41, 5.74) is 2.37. The van der Waals surface area contributed by atoms with Crippen molar-refractivity contribution < 1.29 is 9.53 Å². The van der Waals surface area contributed by atoms with Gasteiger partial charge >= 0.3 is 0 Å². The quantitative estimate of drug-likeness (QED) is 0.937. The third kappa shape index (κ3) is 4.10. The molecule has 6 nitrogen and oxygen atoms in total. The molecule has 1 aliphatic rings. The highest BCUT2D eigenvalue weighted by atomic mass is 16.5. The minimum absolute atomic E-state index is 0.00533. The van der Waals surface area contributed by atoms with Gasteiger partial charge in [0, 0.05) is 43.5 Å². The van der Waals surface area contributed by atoms with Crippen LogP contribution < -0.4 is 5.32 Å². The van der Waals surface area contributed by atoms with Gasteiger partial charge < -0.3 is 10.1 Å². The highest BCUT2D eigenvalue weighted by Crippen LogP contribution is 2.24. The molecule has 1 N–H and O–H groups in total. The summed E-state index contributed by atoms with van der Waals surface area (Å²) in [5.74, 6) is 0.573. The highest BCUT2D eigenvalue weighted by molar-refractivity contribution is 5.93. The molecular formula is C17H20N4O2. The number of hydrogen-bond donors (Lipinski definition) is 1. The number of aryl methyl sites for hydroxylation is 1. The van der Waals surface area contributed by atoms with Crippen LogP contribution in [0.3, 0.4) is 0 Å². The minimum Gasteiger partial charge on any atom is -0.370 e. The summed E-state index contributed by atoms with van der Waals surface area (Å²) in [7, 11) is 0. The number of nitrogens with zero attached hydrogens (tertiary/aromatic N) is 3. The number of carbonyl (C=O) groups excluding carboxylic acids is 1. The topological polar surface area (TPSA) is 77.0 Å². The van der Waals surface area contributed by atoms with Crippen molar-refractivity contribution in [3.63, 3.8) is 0 Å². The molecule has 1 saturated heterocycles. The van der Waals surface area contributed by atoms with E-state index in [0.717, 1.165) is 42.8 Å². The van der Waals surface area contributed by atoms with Gasteiger partial charge in [-0.3, -0.25) is 9.78 Å². The number of nitrogens with one attached hydrogen (secondary N) is 1. The lowest BCUT2D eigenvalue weighted by atomic mass is 10.1. The smallest absolute Gasteiger partial charge is 0.253 e. The Kier molecular flexibility index (Phi) is 4.92. The molecule has 120 valence electrons. The van der Waals surface area contributed by atoms with Gasteiger partial charge in [-0.15, -0.1) is 0 Å². The molecule has 0 aliphatic carbocycles. The van der Waals surface area contributed by atoms with E-state index in [4.69, 9.17) is 4.74 Å². The van der Waals surface area contributed by atoms with Crippen LogP contribution in [0.15, 0.2) is 30.9 Å². The second kappa shape index (κ2) is 7.28. The molecule has 0 spiro atoms. The first kappa shape index (κ1) is 15.6. The molecule has 1 amide bonds. The van der Waals surface area contributed by atoms with Crippen LogP contribution >= 0.6 is 0 Å². The zero-order valence-electron chi connectivity index (χ0n) is 13.2. The van der Waals surface area contributed by atoms with Crippen LogP contribution in [0, 0.1) is 6.92 Å². The Labute approximate surface area is 135 Å². The lowest BCUT2D eigenvalue weighted by Gasteiger charge is -2.21. The number of amides is 1. The van der Waals surface area contributed by atoms with Crippen LogP contribution in [0.2, 0.25) is 0 Å². The number of carbonyl (C=O) groups is 1. The fourth-order valence-electron chi connectivity index (χ4n) is 2.53. The summed E-state index contributed by atoms with van der Waals surface area (Å²) in [6.45, 7) is 3.07.